The summed E-state index contributed by atoms with van der Waals surface area (Å²) in [7, 11) is 0. The Morgan fingerprint density at radius 2 is 1.73 bits per heavy atom. The number of rotatable bonds is 5. The van der Waals surface area contributed by atoms with Gasteiger partial charge in [-0.1, -0.05) is 29.8 Å². The van der Waals surface area contributed by atoms with E-state index in [-0.39, 0.29) is 30.0 Å². The molecule has 30 heavy (non-hydrogen) atoms. The van der Waals surface area contributed by atoms with E-state index in [9.17, 15) is 14.4 Å². The molecular weight excluding hydrogens is 386 g/mol. The lowest BCUT2D eigenvalue weighted by molar-refractivity contribution is -0.135. The van der Waals surface area contributed by atoms with E-state index in [4.69, 9.17) is 9.47 Å². The first kappa shape index (κ1) is 21.0. The SMILES string of the molecule is CC(=O)Oc1ccccc1C1=NN(C(C)=O)C(CN(C(C)=O)c2ccc(C)cc2)O1. The van der Waals surface area contributed by atoms with Crippen LogP contribution in [0.5, 0.6) is 5.75 Å². The maximum atomic E-state index is 12.3. The van der Waals surface area contributed by atoms with Crippen LogP contribution in [0.4, 0.5) is 5.69 Å². The van der Waals surface area contributed by atoms with Crippen LogP contribution in [0.15, 0.2) is 53.6 Å². The van der Waals surface area contributed by atoms with E-state index in [1.807, 2.05) is 31.2 Å². The van der Waals surface area contributed by atoms with E-state index in [2.05, 4.69) is 5.10 Å². The number of ether oxygens (including phenoxy) is 2. The van der Waals surface area contributed by atoms with Gasteiger partial charge in [0.15, 0.2) is 0 Å². The van der Waals surface area contributed by atoms with Crippen molar-refractivity contribution in [2.45, 2.75) is 33.9 Å². The van der Waals surface area contributed by atoms with Gasteiger partial charge in [0.1, 0.15) is 5.75 Å². The number of amides is 2. The molecule has 0 aromatic heterocycles. The molecule has 8 nitrogen and oxygen atoms in total. The van der Waals surface area contributed by atoms with Crippen LogP contribution in [0.1, 0.15) is 31.9 Å². The van der Waals surface area contributed by atoms with E-state index in [0.717, 1.165) is 5.56 Å². The Bertz CT molecular complexity index is 1000. The third kappa shape index (κ3) is 4.65. The Hall–Kier alpha value is -3.68. The first-order valence-electron chi connectivity index (χ1n) is 9.44. The van der Waals surface area contributed by atoms with Gasteiger partial charge in [-0.3, -0.25) is 14.4 Å². The summed E-state index contributed by atoms with van der Waals surface area (Å²) in [4.78, 5) is 37.4. The largest absolute Gasteiger partial charge is 0.448 e. The van der Waals surface area contributed by atoms with Crippen LogP contribution in [-0.2, 0) is 19.1 Å². The van der Waals surface area contributed by atoms with Crippen molar-refractivity contribution in [3.05, 3.63) is 59.7 Å². The lowest BCUT2D eigenvalue weighted by Gasteiger charge is -2.27. The second-order valence-corrected chi connectivity index (χ2v) is 6.90. The molecule has 1 heterocycles. The van der Waals surface area contributed by atoms with Gasteiger partial charge in [-0.2, -0.15) is 5.01 Å². The minimum atomic E-state index is -0.826. The highest BCUT2D eigenvalue weighted by Gasteiger charge is 2.35. The van der Waals surface area contributed by atoms with Gasteiger partial charge in [-0.25, -0.2) is 0 Å². The Morgan fingerprint density at radius 1 is 1.07 bits per heavy atom. The van der Waals surface area contributed by atoms with Crippen LogP contribution in [0.2, 0.25) is 0 Å². The molecular formula is C22H23N3O5. The Balaban J connectivity index is 1.89. The summed E-state index contributed by atoms with van der Waals surface area (Å²) < 4.78 is 11.2. The molecule has 8 heteroatoms. The Morgan fingerprint density at radius 3 is 2.33 bits per heavy atom. The van der Waals surface area contributed by atoms with Crippen molar-refractivity contribution in [1.82, 2.24) is 5.01 Å². The van der Waals surface area contributed by atoms with Gasteiger partial charge in [0.25, 0.3) is 0 Å². The molecule has 3 rings (SSSR count). The molecule has 156 valence electrons. The first-order chi connectivity index (χ1) is 14.3. The standard InChI is InChI=1S/C22H23N3O5/c1-14-9-11-18(12-10-14)24(15(2)26)13-21-25(16(3)27)23-22(30-21)19-7-5-6-8-20(19)29-17(4)28/h5-12,21H,13H2,1-4H3. The van der Waals surface area contributed by atoms with Crippen molar-refractivity contribution in [3.63, 3.8) is 0 Å². The molecule has 1 unspecified atom stereocenters. The number of nitrogens with zero attached hydrogens (tertiary/aromatic N) is 3. The van der Waals surface area contributed by atoms with Gasteiger partial charge in [-0.15, -0.1) is 5.10 Å². The zero-order valence-electron chi connectivity index (χ0n) is 17.3. The average Bonchev–Trinajstić information content (AvgIpc) is 3.11. The highest BCUT2D eigenvalue weighted by molar-refractivity contribution is 5.99. The predicted octanol–water partition coefficient (Wildman–Crippen LogP) is 2.84. The number of anilines is 1. The Labute approximate surface area is 174 Å². The number of aryl methyl sites for hydroxylation is 1. The number of esters is 1. The predicted molar refractivity (Wildman–Crippen MR) is 111 cm³/mol. The van der Waals surface area contributed by atoms with Crippen molar-refractivity contribution in [2.75, 3.05) is 11.4 Å². The molecule has 2 aromatic carbocycles. The van der Waals surface area contributed by atoms with Crippen LogP contribution >= 0.6 is 0 Å². The molecule has 0 aliphatic carbocycles. The molecule has 0 bridgehead atoms. The fraction of sp³-hybridized carbons (Fsp3) is 0.273. The van der Waals surface area contributed by atoms with E-state index >= 15 is 0 Å². The highest BCUT2D eigenvalue weighted by Crippen LogP contribution is 2.26. The van der Waals surface area contributed by atoms with Gasteiger partial charge >= 0.3 is 5.97 Å². The van der Waals surface area contributed by atoms with Gasteiger partial charge < -0.3 is 14.4 Å². The lowest BCUT2D eigenvalue weighted by atomic mass is 10.2. The van der Waals surface area contributed by atoms with Crippen LogP contribution in [0.25, 0.3) is 0 Å². The van der Waals surface area contributed by atoms with E-state index in [1.165, 1.54) is 30.7 Å². The number of hydrogen-bond donors (Lipinski definition) is 0. The fourth-order valence-electron chi connectivity index (χ4n) is 3.05. The average molecular weight is 409 g/mol. The molecule has 2 amide bonds. The smallest absolute Gasteiger partial charge is 0.308 e. The number of carbonyl (C=O) groups excluding carboxylic acids is 3. The zero-order chi connectivity index (χ0) is 21.8. The molecule has 0 fully saturated rings. The normalized spacial score (nSPS) is 15.3. The summed E-state index contributed by atoms with van der Waals surface area (Å²) in [6, 6.07) is 14.2. The molecule has 1 atom stereocenters. The Kier molecular flexibility index (Phi) is 6.15. The fourth-order valence-corrected chi connectivity index (χ4v) is 3.05. The minimum Gasteiger partial charge on any atom is -0.448 e. The van der Waals surface area contributed by atoms with Gasteiger partial charge in [0.05, 0.1) is 12.1 Å². The molecule has 0 saturated carbocycles. The van der Waals surface area contributed by atoms with Crippen molar-refractivity contribution in [2.24, 2.45) is 5.10 Å². The lowest BCUT2D eigenvalue weighted by Crippen LogP contribution is -2.44. The number of hydrazone groups is 1. The number of benzene rings is 2. The van der Waals surface area contributed by atoms with Crippen LogP contribution in [0.3, 0.4) is 0 Å². The molecule has 1 aliphatic heterocycles. The number of hydrogen-bond acceptors (Lipinski definition) is 6. The quantitative estimate of drug-likeness (QED) is 0.560. The maximum absolute atomic E-state index is 12.3. The van der Waals surface area contributed by atoms with Crippen molar-refractivity contribution in [3.8, 4) is 5.75 Å². The van der Waals surface area contributed by atoms with Crippen LogP contribution in [-0.4, -0.2) is 41.5 Å². The monoisotopic (exact) mass is 409 g/mol. The van der Waals surface area contributed by atoms with Gasteiger partial charge in [-0.05, 0) is 31.2 Å². The summed E-state index contributed by atoms with van der Waals surface area (Å²) in [6.07, 6.45) is -0.826. The molecule has 0 spiro atoms. The number of para-hydroxylation sites is 1. The minimum absolute atomic E-state index is 0.0840. The summed E-state index contributed by atoms with van der Waals surface area (Å²) in [5.74, 6) is -0.607. The van der Waals surface area contributed by atoms with Crippen LogP contribution in [0, 0.1) is 6.92 Å². The molecule has 0 saturated heterocycles. The van der Waals surface area contributed by atoms with Gasteiger partial charge in [0.2, 0.25) is 23.9 Å². The molecule has 1 aliphatic rings. The van der Waals surface area contributed by atoms with Crippen molar-refractivity contribution >= 4 is 29.4 Å². The maximum Gasteiger partial charge on any atom is 0.308 e. The highest BCUT2D eigenvalue weighted by atomic mass is 16.5. The summed E-state index contributed by atoms with van der Waals surface area (Å²) in [6.45, 7) is 6.15. The molecule has 0 N–H and O–H groups in total. The summed E-state index contributed by atoms with van der Waals surface area (Å²) in [5.41, 5.74) is 2.19. The zero-order valence-corrected chi connectivity index (χ0v) is 17.3. The molecule has 0 radical (unpaired) electrons. The van der Waals surface area contributed by atoms with Crippen LogP contribution < -0.4 is 9.64 Å². The topological polar surface area (TPSA) is 88.5 Å². The van der Waals surface area contributed by atoms with Crippen molar-refractivity contribution < 1.29 is 23.9 Å². The second kappa shape index (κ2) is 8.77. The molecule has 2 aromatic rings. The van der Waals surface area contributed by atoms with Crippen molar-refractivity contribution in [1.29, 1.82) is 0 Å². The van der Waals surface area contributed by atoms with E-state index in [0.29, 0.717) is 11.3 Å². The third-order valence-corrected chi connectivity index (χ3v) is 4.48. The summed E-state index contributed by atoms with van der Waals surface area (Å²) in [5, 5.41) is 5.46. The van der Waals surface area contributed by atoms with E-state index in [1.54, 1.807) is 24.3 Å². The van der Waals surface area contributed by atoms with E-state index < -0.39 is 12.2 Å². The first-order valence-corrected chi connectivity index (χ1v) is 9.44. The number of carbonyl (C=O) groups is 3. The summed E-state index contributed by atoms with van der Waals surface area (Å²) >= 11 is 0. The third-order valence-electron chi connectivity index (χ3n) is 4.48. The second-order valence-electron chi connectivity index (χ2n) is 6.90. The van der Waals surface area contributed by atoms with Gasteiger partial charge in [0, 0.05) is 26.5 Å².